The van der Waals surface area contributed by atoms with Crippen molar-refractivity contribution in [1.29, 1.82) is 0 Å². The number of carbonyl (C=O) groups is 1. The lowest BCUT2D eigenvalue weighted by atomic mass is 10.1. The lowest BCUT2D eigenvalue weighted by Gasteiger charge is -2.09. The molecule has 1 aromatic carbocycles. The van der Waals surface area contributed by atoms with Crippen LogP contribution in [0.2, 0.25) is 0 Å². The summed E-state index contributed by atoms with van der Waals surface area (Å²) in [7, 11) is 1.38. The van der Waals surface area contributed by atoms with Gasteiger partial charge in [-0.25, -0.2) is 13.8 Å². The molecule has 0 atom stereocenters. The van der Waals surface area contributed by atoms with Gasteiger partial charge >= 0.3 is 5.97 Å². The largest absolute Gasteiger partial charge is 0.468 e. The monoisotopic (exact) mass is 366 g/mol. The van der Waals surface area contributed by atoms with Crippen LogP contribution in [-0.4, -0.2) is 18.1 Å². The molecule has 3 aromatic rings. The Hall–Kier alpha value is -2.06. The highest BCUT2D eigenvalue weighted by Crippen LogP contribution is 2.53. The fourth-order valence-corrected chi connectivity index (χ4v) is 5.15. The molecule has 124 valence electrons. The molecule has 0 aliphatic heterocycles. The zero-order chi connectivity index (χ0) is 17.1. The predicted molar refractivity (Wildman–Crippen MR) is 90.2 cm³/mol. The number of halogens is 2. The molecule has 1 fully saturated rings. The molecule has 0 amide bonds. The number of esters is 1. The van der Waals surface area contributed by atoms with E-state index in [0.717, 1.165) is 34.6 Å². The number of anilines is 1. The van der Waals surface area contributed by atoms with Crippen molar-refractivity contribution in [2.75, 3.05) is 12.8 Å². The second kappa shape index (κ2) is 5.22. The van der Waals surface area contributed by atoms with Crippen LogP contribution in [0, 0.1) is 11.6 Å². The molecule has 4 rings (SSSR count). The van der Waals surface area contributed by atoms with Crippen LogP contribution < -0.4 is 5.73 Å². The number of thiophene rings is 1. The summed E-state index contributed by atoms with van der Waals surface area (Å²) in [6, 6.07) is 3.92. The number of fused-ring (bicyclic) bond motifs is 1. The predicted octanol–water partition coefficient (Wildman–Crippen LogP) is 4.09. The Balaban J connectivity index is 1.75. The maximum Gasteiger partial charge on any atom is 0.317 e. The van der Waals surface area contributed by atoms with Crippen molar-refractivity contribution < 1.29 is 18.3 Å². The summed E-state index contributed by atoms with van der Waals surface area (Å²) in [6.07, 6.45) is 1.52. The van der Waals surface area contributed by atoms with Crippen molar-refractivity contribution in [1.82, 2.24) is 4.98 Å². The van der Waals surface area contributed by atoms with Crippen molar-refractivity contribution >= 4 is 43.9 Å². The Kier molecular flexibility index (Phi) is 3.36. The number of nitrogens with zero attached hydrogens (tertiary/aromatic N) is 1. The standard InChI is InChI=1S/C16H12F2N2O2S2/c1-22-15(21)16(2-3-16)12-6-11-14(24-12)20-13(23-11)7-4-9(18)10(19)5-8(7)17/h4-6H,2-3,19H2,1H3. The molecule has 0 radical (unpaired) electrons. The van der Waals surface area contributed by atoms with Gasteiger partial charge in [0.1, 0.15) is 26.9 Å². The highest BCUT2D eigenvalue weighted by Gasteiger charge is 2.53. The first-order valence-corrected chi connectivity index (χ1v) is 8.82. The zero-order valence-electron chi connectivity index (χ0n) is 12.6. The van der Waals surface area contributed by atoms with Gasteiger partial charge < -0.3 is 10.5 Å². The summed E-state index contributed by atoms with van der Waals surface area (Å²) in [6.45, 7) is 0. The Morgan fingerprint density at radius 1 is 1.25 bits per heavy atom. The van der Waals surface area contributed by atoms with Crippen LogP contribution in [0.5, 0.6) is 0 Å². The van der Waals surface area contributed by atoms with Crippen LogP contribution in [-0.2, 0) is 14.9 Å². The molecule has 1 aliphatic carbocycles. The first kappa shape index (κ1) is 15.5. The van der Waals surface area contributed by atoms with E-state index in [2.05, 4.69) is 4.98 Å². The molecule has 2 N–H and O–H groups in total. The van der Waals surface area contributed by atoms with Crippen LogP contribution in [0.25, 0.3) is 20.1 Å². The number of rotatable bonds is 3. The Bertz CT molecular complexity index is 945. The lowest BCUT2D eigenvalue weighted by molar-refractivity contribution is -0.143. The normalized spacial score (nSPS) is 15.6. The first-order valence-electron chi connectivity index (χ1n) is 7.19. The number of hydrogen-bond acceptors (Lipinski definition) is 6. The number of nitrogen functional groups attached to an aromatic ring is 1. The van der Waals surface area contributed by atoms with Gasteiger partial charge in [0.25, 0.3) is 0 Å². The van der Waals surface area contributed by atoms with Crippen LogP contribution in [0.15, 0.2) is 18.2 Å². The van der Waals surface area contributed by atoms with E-state index in [-0.39, 0.29) is 17.2 Å². The van der Waals surface area contributed by atoms with E-state index in [4.69, 9.17) is 10.5 Å². The van der Waals surface area contributed by atoms with Crippen molar-refractivity contribution in [2.24, 2.45) is 0 Å². The van der Waals surface area contributed by atoms with E-state index in [1.54, 1.807) is 0 Å². The van der Waals surface area contributed by atoms with Crippen molar-refractivity contribution in [3.63, 3.8) is 0 Å². The number of hydrogen-bond donors (Lipinski definition) is 1. The highest BCUT2D eigenvalue weighted by molar-refractivity contribution is 7.28. The molecular formula is C16H12F2N2O2S2. The summed E-state index contributed by atoms with van der Waals surface area (Å²) in [5.41, 5.74) is 4.68. The second-order valence-corrected chi connectivity index (χ2v) is 7.79. The number of aromatic nitrogens is 1. The third-order valence-corrected chi connectivity index (χ3v) is 6.60. The van der Waals surface area contributed by atoms with E-state index >= 15 is 0 Å². The van der Waals surface area contributed by atoms with Crippen molar-refractivity contribution in [2.45, 2.75) is 18.3 Å². The SMILES string of the molecule is COC(=O)C1(c2cc3sc(-c4cc(F)c(N)cc4F)nc3s2)CC1. The van der Waals surface area contributed by atoms with Crippen LogP contribution in [0.3, 0.4) is 0 Å². The number of thiazole rings is 1. The van der Waals surface area contributed by atoms with Gasteiger partial charge in [0, 0.05) is 16.5 Å². The first-order chi connectivity index (χ1) is 11.4. The molecular weight excluding hydrogens is 354 g/mol. The maximum atomic E-state index is 14.0. The van der Waals surface area contributed by atoms with E-state index in [1.807, 2.05) is 6.07 Å². The molecule has 2 heterocycles. The Morgan fingerprint density at radius 2 is 2.00 bits per heavy atom. The minimum atomic E-state index is -0.673. The van der Waals surface area contributed by atoms with Crippen molar-refractivity contribution in [3.8, 4) is 10.6 Å². The average Bonchev–Trinajstić information content (AvgIpc) is 3.12. The van der Waals surface area contributed by atoms with E-state index in [0.29, 0.717) is 9.84 Å². The third kappa shape index (κ3) is 2.21. The van der Waals surface area contributed by atoms with Gasteiger partial charge in [0.15, 0.2) is 0 Å². The van der Waals surface area contributed by atoms with Gasteiger partial charge in [-0.15, -0.1) is 22.7 Å². The highest BCUT2D eigenvalue weighted by atomic mass is 32.1. The summed E-state index contributed by atoms with van der Waals surface area (Å²) in [5.74, 6) is -1.51. The average molecular weight is 366 g/mol. The molecule has 1 aliphatic rings. The molecule has 0 bridgehead atoms. The molecule has 0 unspecified atom stereocenters. The summed E-state index contributed by atoms with van der Waals surface area (Å²) in [5, 5.41) is 0.391. The number of nitrogens with two attached hydrogens (primary N) is 1. The molecule has 8 heteroatoms. The van der Waals surface area contributed by atoms with E-state index in [9.17, 15) is 13.6 Å². The van der Waals surface area contributed by atoms with Gasteiger partial charge in [-0.3, -0.25) is 4.79 Å². The molecule has 2 aromatic heterocycles. The zero-order valence-corrected chi connectivity index (χ0v) is 14.2. The number of carbonyl (C=O) groups excluding carboxylic acids is 1. The molecule has 4 nitrogen and oxygen atoms in total. The van der Waals surface area contributed by atoms with Gasteiger partial charge in [-0.1, -0.05) is 0 Å². The third-order valence-electron chi connectivity index (χ3n) is 4.20. The molecule has 24 heavy (non-hydrogen) atoms. The summed E-state index contributed by atoms with van der Waals surface area (Å²) >= 11 is 2.66. The summed E-state index contributed by atoms with van der Waals surface area (Å²) < 4.78 is 33.4. The quantitative estimate of drug-likeness (QED) is 0.560. The molecule has 0 spiro atoms. The van der Waals surface area contributed by atoms with Crippen LogP contribution in [0.1, 0.15) is 17.7 Å². The van der Waals surface area contributed by atoms with Gasteiger partial charge in [-0.05, 0) is 25.0 Å². The minimum absolute atomic E-state index is 0.0887. The van der Waals surface area contributed by atoms with Crippen LogP contribution in [0.4, 0.5) is 14.5 Å². The van der Waals surface area contributed by atoms with Gasteiger partial charge in [0.05, 0.1) is 17.5 Å². The van der Waals surface area contributed by atoms with Crippen LogP contribution >= 0.6 is 22.7 Å². The van der Waals surface area contributed by atoms with Gasteiger partial charge in [-0.2, -0.15) is 0 Å². The fraction of sp³-hybridized carbons (Fsp3) is 0.250. The number of methoxy groups -OCH3 is 1. The Labute approximate surface area is 143 Å². The van der Waals surface area contributed by atoms with E-state index < -0.39 is 17.0 Å². The number of ether oxygens (including phenoxy) is 1. The fourth-order valence-electron chi connectivity index (χ4n) is 2.68. The van der Waals surface area contributed by atoms with E-state index in [1.165, 1.54) is 29.8 Å². The second-order valence-electron chi connectivity index (χ2n) is 5.73. The Morgan fingerprint density at radius 3 is 2.62 bits per heavy atom. The topological polar surface area (TPSA) is 65.2 Å². The molecule has 1 saturated carbocycles. The van der Waals surface area contributed by atoms with Gasteiger partial charge in [0.2, 0.25) is 0 Å². The maximum absolute atomic E-state index is 14.0. The number of benzene rings is 1. The lowest BCUT2D eigenvalue weighted by Crippen LogP contribution is -2.20. The minimum Gasteiger partial charge on any atom is -0.468 e. The smallest absolute Gasteiger partial charge is 0.317 e. The summed E-state index contributed by atoms with van der Waals surface area (Å²) in [4.78, 5) is 18.0. The molecule has 0 saturated heterocycles. The van der Waals surface area contributed by atoms with Crippen molar-refractivity contribution in [3.05, 3.63) is 34.7 Å².